The molecule has 1 aromatic rings. The third-order valence-electron chi connectivity index (χ3n) is 12.6. The Kier molecular flexibility index (Phi) is 25.6. The quantitative estimate of drug-likeness (QED) is 0.0315. The number of benzene rings is 1. The normalized spacial score (nSPS) is 20.9. The van der Waals surface area contributed by atoms with Gasteiger partial charge in [-0.1, -0.05) is 147 Å². The average Bonchev–Trinajstić information content (AvgIpc) is 3.46. The fourth-order valence-electron chi connectivity index (χ4n) is 8.57. The molecule has 324 valence electrons. The number of rotatable bonds is 33. The van der Waals surface area contributed by atoms with E-state index in [9.17, 15) is 19.8 Å². The van der Waals surface area contributed by atoms with Crippen molar-refractivity contribution < 1.29 is 34.0 Å². The molecule has 2 aliphatic carbocycles. The molecule has 8 heteroatoms. The Hall–Kier alpha value is -2.35. The van der Waals surface area contributed by atoms with Crippen LogP contribution in [0.5, 0.6) is 5.75 Å². The van der Waals surface area contributed by atoms with Crippen LogP contribution in [0.1, 0.15) is 191 Å². The van der Waals surface area contributed by atoms with E-state index in [1.165, 1.54) is 96.3 Å². The van der Waals surface area contributed by atoms with Crippen LogP contribution in [0.25, 0.3) is 0 Å². The number of carbonyl (C=O) groups is 2. The minimum absolute atomic E-state index is 0.00433. The van der Waals surface area contributed by atoms with Crippen molar-refractivity contribution >= 4 is 23.5 Å². The Labute approximate surface area is 351 Å². The van der Waals surface area contributed by atoms with E-state index in [0.717, 1.165) is 44.9 Å². The maximum Gasteiger partial charge on any atom is 0.338 e. The van der Waals surface area contributed by atoms with Gasteiger partial charge in [-0.15, -0.1) is 11.6 Å². The van der Waals surface area contributed by atoms with Gasteiger partial charge in [-0.2, -0.15) is 0 Å². The summed E-state index contributed by atoms with van der Waals surface area (Å²) in [6, 6.07) is 7.05. The summed E-state index contributed by atoms with van der Waals surface area (Å²) >= 11 is 6.63. The molecular formula is C49H79ClO7. The number of alkyl halides is 1. The Balaban J connectivity index is 1.16. The van der Waals surface area contributed by atoms with Crippen molar-refractivity contribution in [3.05, 3.63) is 54.1 Å². The lowest BCUT2D eigenvalue weighted by Gasteiger charge is -2.45. The summed E-state index contributed by atoms with van der Waals surface area (Å²) in [5, 5.41) is 21.3. The van der Waals surface area contributed by atoms with Crippen LogP contribution in [0.4, 0.5) is 0 Å². The van der Waals surface area contributed by atoms with Crippen LogP contribution in [-0.4, -0.2) is 59.6 Å². The zero-order valence-corrected chi connectivity index (χ0v) is 36.6. The number of aliphatic hydroxyl groups excluding tert-OH is 2. The molecule has 2 N–H and O–H groups in total. The number of allylic oxidation sites excluding steroid dienone is 2. The monoisotopic (exact) mass is 815 g/mol. The highest BCUT2D eigenvalue weighted by molar-refractivity contribution is 6.21. The second kappa shape index (κ2) is 29.8. The van der Waals surface area contributed by atoms with Gasteiger partial charge in [-0.3, -0.25) is 4.79 Å². The molecule has 1 aromatic carbocycles. The molecule has 2 saturated carbocycles. The van der Waals surface area contributed by atoms with Gasteiger partial charge in [-0.25, -0.2) is 4.79 Å². The minimum Gasteiger partial charge on any atom is -0.494 e. The molecule has 2 fully saturated rings. The zero-order chi connectivity index (χ0) is 41.0. The Bertz CT molecular complexity index is 1270. The molecule has 0 saturated heterocycles. The van der Waals surface area contributed by atoms with Crippen LogP contribution in [0.3, 0.4) is 0 Å². The van der Waals surface area contributed by atoms with Crippen molar-refractivity contribution in [3.63, 3.8) is 0 Å². The number of esters is 2. The topological polar surface area (TPSA) is 102 Å². The Morgan fingerprint density at radius 2 is 1.46 bits per heavy atom. The summed E-state index contributed by atoms with van der Waals surface area (Å²) in [6.07, 6.45) is 36.8. The van der Waals surface area contributed by atoms with Crippen LogP contribution in [0.15, 0.2) is 48.6 Å². The first kappa shape index (κ1) is 49.0. The van der Waals surface area contributed by atoms with Crippen molar-refractivity contribution in [1.82, 2.24) is 0 Å². The molecule has 57 heavy (non-hydrogen) atoms. The third-order valence-corrected chi connectivity index (χ3v) is 13.1. The van der Waals surface area contributed by atoms with Gasteiger partial charge in [0.05, 0.1) is 24.4 Å². The highest BCUT2D eigenvalue weighted by Crippen LogP contribution is 2.48. The van der Waals surface area contributed by atoms with Crippen molar-refractivity contribution in [2.75, 3.05) is 19.8 Å². The molecule has 0 spiro atoms. The predicted octanol–water partition coefficient (Wildman–Crippen LogP) is 12.6. The molecule has 0 unspecified atom stereocenters. The summed E-state index contributed by atoms with van der Waals surface area (Å²) in [7, 11) is 0. The largest absolute Gasteiger partial charge is 0.494 e. The third kappa shape index (κ3) is 19.5. The number of carbonyl (C=O) groups excluding carboxylic acids is 2. The molecule has 0 bridgehead atoms. The van der Waals surface area contributed by atoms with E-state index >= 15 is 0 Å². The second-order valence-electron chi connectivity index (χ2n) is 16.9. The molecule has 3 rings (SSSR count). The minimum atomic E-state index is -0.473. The van der Waals surface area contributed by atoms with Crippen LogP contribution in [-0.2, 0) is 14.3 Å². The van der Waals surface area contributed by atoms with Crippen molar-refractivity contribution in [2.24, 2.45) is 17.3 Å². The van der Waals surface area contributed by atoms with Crippen molar-refractivity contribution in [3.8, 4) is 5.75 Å². The van der Waals surface area contributed by atoms with Gasteiger partial charge in [0.2, 0.25) is 0 Å². The van der Waals surface area contributed by atoms with Gasteiger partial charge in [0.25, 0.3) is 0 Å². The van der Waals surface area contributed by atoms with Crippen LogP contribution >= 0.6 is 11.6 Å². The Morgan fingerprint density at radius 3 is 2.07 bits per heavy atom. The summed E-state index contributed by atoms with van der Waals surface area (Å²) < 4.78 is 16.5. The molecule has 0 amide bonds. The number of aliphatic hydroxyl groups is 2. The van der Waals surface area contributed by atoms with Gasteiger partial charge in [0.1, 0.15) is 19.0 Å². The number of ether oxygens (including phenoxy) is 3. The molecule has 0 aliphatic heterocycles. The standard InChI is InChI=1S/C49H79ClO7/c1-3-5-6-7-8-9-10-11-12-13-14-15-16-17-20-23-35-55-41-28-24-27-40(38-41)48(54)57-37-36-56-47(53)32-22-19-18-21-29-42-43(45(51)39-44(42)50)30-25-31-46(52)49(4-2)33-26-34-49/h18,21,24-25,27-28,30,38,42-46,51-52H,3-17,19-20,22-23,26,29,31-37,39H2,1-2H3/b21-18-,30-25+/t42-,43-,44-,45-,46+/m1/s1. The van der Waals surface area contributed by atoms with Crippen molar-refractivity contribution in [1.29, 1.82) is 0 Å². The first-order valence-electron chi connectivity index (χ1n) is 23.2. The smallest absolute Gasteiger partial charge is 0.338 e. The highest BCUT2D eigenvalue weighted by atomic mass is 35.5. The summed E-state index contributed by atoms with van der Waals surface area (Å²) in [4.78, 5) is 24.8. The molecule has 5 atom stereocenters. The molecule has 2 aliphatic rings. The number of hydrogen-bond acceptors (Lipinski definition) is 7. The van der Waals surface area contributed by atoms with E-state index in [1.54, 1.807) is 18.2 Å². The number of unbranched alkanes of at least 4 members (excludes halogenated alkanes) is 16. The van der Waals surface area contributed by atoms with Gasteiger partial charge >= 0.3 is 11.9 Å². The lowest BCUT2D eigenvalue weighted by atomic mass is 9.63. The molecule has 0 aromatic heterocycles. The molecule has 7 nitrogen and oxygen atoms in total. The van der Waals surface area contributed by atoms with E-state index in [0.29, 0.717) is 37.2 Å². The van der Waals surface area contributed by atoms with Crippen LogP contribution in [0.2, 0.25) is 0 Å². The maximum atomic E-state index is 12.6. The van der Waals surface area contributed by atoms with Crippen LogP contribution in [0, 0.1) is 17.3 Å². The SMILES string of the molecule is CCCCCCCCCCCCCCCCCCOc1cccc(C(=O)OCCOC(=O)CCC/C=C\C[C@@H]2[C@@H](/C=C/C[C@H](O)C3(CC)CCC3)[C@H](O)C[C@H]2Cl)c1. The van der Waals surface area contributed by atoms with Crippen LogP contribution < -0.4 is 4.74 Å². The van der Waals surface area contributed by atoms with Gasteiger partial charge in [0.15, 0.2) is 0 Å². The number of halogens is 1. The fraction of sp³-hybridized carbons (Fsp3) is 0.755. The Morgan fingerprint density at radius 1 is 0.825 bits per heavy atom. The fourth-order valence-corrected chi connectivity index (χ4v) is 9.02. The number of hydrogen-bond donors (Lipinski definition) is 2. The molecular weight excluding hydrogens is 736 g/mol. The van der Waals surface area contributed by atoms with E-state index in [1.807, 2.05) is 12.1 Å². The van der Waals surface area contributed by atoms with E-state index in [4.69, 9.17) is 25.8 Å². The highest BCUT2D eigenvalue weighted by Gasteiger charge is 2.42. The van der Waals surface area contributed by atoms with Gasteiger partial charge in [-0.05, 0) is 87.3 Å². The summed E-state index contributed by atoms with van der Waals surface area (Å²) in [5.41, 5.74) is 0.489. The lowest BCUT2D eigenvalue weighted by Crippen LogP contribution is -2.40. The zero-order valence-electron chi connectivity index (χ0n) is 35.8. The summed E-state index contributed by atoms with van der Waals surface area (Å²) in [5.74, 6) is -0.0184. The average molecular weight is 816 g/mol. The first-order chi connectivity index (χ1) is 27.8. The maximum absolute atomic E-state index is 12.6. The van der Waals surface area contributed by atoms with E-state index in [-0.39, 0.29) is 54.3 Å². The predicted molar refractivity (Wildman–Crippen MR) is 234 cm³/mol. The van der Waals surface area contributed by atoms with Gasteiger partial charge in [0, 0.05) is 17.7 Å². The van der Waals surface area contributed by atoms with Crippen molar-refractivity contribution in [2.45, 2.75) is 198 Å². The van der Waals surface area contributed by atoms with Gasteiger partial charge < -0.3 is 24.4 Å². The lowest BCUT2D eigenvalue weighted by molar-refractivity contribution is -0.144. The first-order valence-corrected chi connectivity index (χ1v) is 23.6. The van der Waals surface area contributed by atoms with E-state index < -0.39 is 12.1 Å². The van der Waals surface area contributed by atoms with E-state index in [2.05, 4.69) is 32.1 Å². The molecule has 0 radical (unpaired) electrons. The second-order valence-corrected chi connectivity index (χ2v) is 17.5. The summed E-state index contributed by atoms with van der Waals surface area (Å²) in [6.45, 7) is 5.08. The molecule has 0 heterocycles.